The summed E-state index contributed by atoms with van der Waals surface area (Å²) < 4.78 is 13.4. The highest BCUT2D eigenvalue weighted by molar-refractivity contribution is 5.33. The summed E-state index contributed by atoms with van der Waals surface area (Å²) in [5.41, 5.74) is 6.17. The summed E-state index contributed by atoms with van der Waals surface area (Å²) in [6.07, 6.45) is 5.89. The van der Waals surface area contributed by atoms with Crippen LogP contribution in [-0.4, -0.2) is 55.7 Å². The second-order valence-electron chi connectivity index (χ2n) is 8.01. The van der Waals surface area contributed by atoms with Crippen LogP contribution in [0.1, 0.15) is 34.6 Å². The molecular weight excluding hydrogens is 380 g/mol. The number of aryl methyl sites for hydroxylation is 2. The van der Waals surface area contributed by atoms with Crippen LogP contribution in [0, 0.1) is 13.8 Å². The van der Waals surface area contributed by atoms with E-state index in [0.717, 1.165) is 61.9 Å². The molecular formula is C22H26N6O2. The fourth-order valence-corrected chi connectivity index (χ4v) is 4.12. The molecule has 1 fully saturated rings. The van der Waals surface area contributed by atoms with E-state index in [1.165, 1.54) is 11.1 Å². The molecule has 0 aromatic carbocycles. The van der Waals surface area contributed by atoms with Crippen LogP contribution >= 0.6 is 0 Å². The van der Waals surface area contributed by atoms with Gasteiger partial charge >= 0.3 is 0 Å². The third-order valence-corrected chi connectivity index (χ3v) is 5.98. The molecule has 30 heavy (non-hydrogen) atoms. The van der Waals surface area contributed by atoms with E-state index in [1.54, 1.807) is 10.9 Å². The van der Waals surface area contributed by atoms with Gasteiger partial charge in [0.1, 0.15) is 12.3 Å². The molecule has 0 amide bonds. The first-order valence-electron chi connectivity index (χ1n) is 10.4. The molecule has 8 nitrogen and oxygen atoms in total. The molecule has 5 heterocycles. The Hall–Kier alpha value is -2.84. The van der Waals surface area contributed by atoms with Crippen molar-refractivity contribution in [1.29, 1.82) is 0 Å². The summed E-state index contributed by atoms with van der Waals surface area (Å²) in [5, 5.41) is 8.47. The van der Waals surface area contributed by atoms with Gasteiger partial charge in [0.2, 0.25) is 5.88 Å². The van der Waals surface area contributed by atoms with Gasteiger partial charge in [-0.05, 0) is 49.9 Å². The third kappa shape index (κ3) is 3.80. The predicted molar refractivity (Wildman–Crippen MR) is 111 cm³/mol. The van der Waals surface area contributed by atoms with Gasteiger partial charge in [-0.1, -0.05) is 5.21 Å². The second kappa shape index (κ2) is 8.12. The third-order valence-electron chi connectivity index (χ3n) is 5.98. The topological polar surface area (TPSA) is 78.2 Å². The van der Waals surface area contributed by atoms with E-state index in [1.807, 2.05) is 32.2 Å². The summed E-state index contributed by atoms with van der Waals surface area (Å²) >= 11 is 0. The van der Waals surface area contributed by atoms with Crippen LogP contribution < -0.4 is 4.74 Å². The molecule has 2 aliphatic heterocycles. The van der Waals surface area contributed by atoms with Crippen molar-refractivity contribution in [2.45, 2.75) is 45.9 Å². The molecule has 0 unspecified atom stereocenters. The largest absolute Gasteiger partial charge is 0.471 e. The Balaban J connectivity index is 1.29. The molecule has 0 bridgehead atoms. The van der Waals surface area contributed by atoms with E-state index in [2.05, 4.69) is 31.2 Å². The highest BCUT2D eigenvalue weighted by Gasteiger charge is 2.27. The van der Waals surface area contributed by atoms with Gasteiger partial charge in [-0.3, -0.25) is 9.88 Å². The maximum Gasteiger partial charge on any atom is 0.213 e. The number of pyridine rings is 2. The molecule has 0 spiro atoms. The summed E-state index contributed by atoms with van der Waals surface area (Å²) in [7, 11) is 0. The fourth-order valence-electron chi connectivity index (χ4n) is 4.12. The number of aromatic nitrogens is 5. The van der Waals surface area contributed by atoms with E-state index in [4.69, 9.17) is 9.47 Å². The molecule has 0 radical (unpaired) electrons. The van der Waals surface area contributed by atoms with Crippen molar-refractivity contribution in [2.75, 3.05) is 19.8 Å². The van der Waals surface area contributed by atoms with Crippen LogP contribution in [0.2, 0.25) is 0 Å². The zero-order valence-electron chi connectivity index (χ0n) is 17.4. The van der Waals surface area contributed by atoms with Gasteiger partial charge in [0, 0.05) is 43.7 Å². The number of nitrogens with zero attached hydrogens (tertiary/aromatic N) is 6. The van der Waals surface area contributed by atoms with Crippen molar-refractivity contribution < 1.29 is 9.47 Å². The minimum absolute atomic E-state index is 0.351. The molecule has 0 N–H and O–H groups in total. The average Bonchev–Trinajstić information content (AvgIpc) is 3.43. The van der Waals surface area contributed by atoms with Crippen molar-refractivity contribution in [3.63, 3.8) is 0 Å². The average molecular weight is 406 g/mol. The van der Waals surface area contributed by atoms with Crippen molar-refractivity contribution in [2.24, 2.45) is 0 Å². The molecule has 1 saturated heterocycles. The predicted octanol–water partition coefficient (Wildman–Crippen LogP) is 2.40. The van der Waals surface area contributed by atoms with E-state index in [-0.39, 0.29) is 0 Å². The minimum atomic E-state index is 0.351. The SMILES string of the molecule is Cc1ccc(-n2nnc(C)c2COc2cc3c(cn2)CN([C@H]2CCOC2)CC3)cn1. The zero-order chi connectivity index (χ0) is 20.5. The molecule has 0 saturated carbocycles. The van der Waals surface area contributed by atoms with Crippen molar-refractivity contribution in [3.05, 3.63) is 58.8 Å². The number of ether oxygens (including phenoxy) is 2. The van der Waals surface area contributed by atoms with Crippen LogP contribution in [0.25, 0.3) is 5.69 Å². The number of hydrogen-bond donors (Lipinski definition) is 0. The van der Waals surface area contributed by atoms with Crippen LogP contribution in [0.15, 0.2) is 30.6 Å². The van der Waals surface area contributed by atoms with Crippen LogP contribution in [-0.2, 0) is 24.3 Å². The van der Waals surface area contributed by atoms with Crippen LogP contribution in [0.4, 0.5) is 0 Å². The molecule has 2 aliphatic rings. The van der Waals surface area contributed by atoms with E-state index < -0.39 is 0 Å². The molecule has 3 aromatic rings. The van der Waals surface area contributed by atoms with Crippen LogP contribution in [0.5, 0.6) is 5.88 Å². The van der Waals surface area contributed by atoms with Crippen LogP contribution in [0.3, 0.4) is 0 Å². The first-order valence-corrected chi connectivity index (χ1v) is 10.4. The molecule has 5 rings (SSSR count). The quantitative estimate of drug-likeness (QED) is 0.644. The standard InChI is InChI=1S/C22H26N6O2/c1-15-3-4-19(11-23-15)28-21(16(2)25-26-28)14-30-22-9-17-5-7-27(12-18(17)10-24-22)20-6-8-29-13-20/h3-4,9-11,20H,5-8,12-14H2,1-2H3/t20-/m0/s1. The molecule has 156 valence electrons. The maximum atomic E-state index is 6.04. The highest BCUT2D eigenvalue weighted by atomic mass is 16.5. The van der Waals surface area contributed by atoms with Crippen molar-refractivity contribution in [3.8, 4) is 11.6 Å². The van der Waals surface area contributed by atoms with E-state index in [9.17, 15) is 0 Å². The Kier molecular flexibility index (Phi) is 5.18. The van der Waals surface area contributed by atoms with Gasteiger partial charge in [0.05, 0.1) is 24.2 Å². The lowest BCUT2D eigenvalue weighted by Gasteiger charge is -2.32. The first-order chi connectivity index (χ1) is 14.7. The molecule has 1 atom stereocenters. The van der Waals surface area contributed by atoms with Gasteiger partial charge in [0.15, 0.2) is 0 Å². The highest BCUT2D eigenvalue weighted by Crippen LogP contribution is 2.26. The van der Waals surface area contributed by atoms with Gasteiger partial charge < -0.3 is 9.47 Å². The molecule has 8 heteroatoms. The fraction of sp³-hybridized carbons (Fsp3) is 0.455. The lowest BCUT2D eigenvalue weighted by atomic mass is 10.0. The Morgan fingerprint density at radius 2 is 2.10 bits per heavy atom. The van der Waals surface area contributed by atoms with E-state index >= 15 is 0 Å². The summed E-state index contributed by atoms with van der Waals surface area (Å²) in [6.45, 7) is 7.97. The lowest BCUT2D eigenvalue weighted by Crippen LogP contribution is -2.39. The van der Waals surface area contributed by atoms with Crippen molar-refractivity contribution >= 4 is 0 Å². The Labute approximate surface area is 175 Å². The minimum Gasteiger partial charge on any atom is -0.471 e. The number of hydrogen-bond acceptors (Lipinski definition) is 7. The molecule has 0 aliphatic carbocycles. The Morgan fingerprint density at radius 1 is 1.17 bits per heavy atom. The van der Waals surface area contributed by atoms with Gasteiger partial charge in [0.25, 0.3) is 0 Å². The van der Waals surface area contributed by atoms with Gasteiger partial charge in [-0.2, -0.15) is 0 Å². The monoisotopic (exact) mass is 406 g/mol. The summed E-state index contributed by atoms with van der Waals surface area (Å²) in [5.74, 6) is 0.639. The second-order valence-corrected chi connectivity index (χ2v) is 8.01. The normalized spacial score (nSPS) is 19.1. The van der Waals surface area contributed by atoms with E-state index in [0.29, 0.717) is 18.5 Å². The molecule has 3 aromatic heterocycles. The smallest absolute Gasteiger partial charge is 0.213 e. The summed E-state index contributed by atoms with van der Waals surface area (Å²) in [4.78, 5) is 11.4. The van der Waals surface area contributed by atoms with Crippen molar-refractivity contribution in [1.82, 2.24) is 29.9 Å². The zero-order valence-corrected chi connectivity index (χ0v) is 17.4. The summed E-state index contributed by atoms with van der Waals surface area (Å²) in [6, 6.07) is 6.57. The van der Waals surface area contributed by atoms with Gasteiger partial charge in [-0.15, -0.1) is 5.10 Å². The Morgan fingerprint density at radius 3 is 2.90 bits per heavy atom. The number of fused-ring (bicyclic) bond motifs is 1. The first kappa shape index (κ1) is 19.1. The maximum absolute atomic E-state index is 6.04. The lowest BCUT2D eigenvalue weighted by molar-refractivity contribution is 0.134. The number of rotatable bonds is 5. The van der Waals surface area contributed by atoms with Gasteiger partial charge in [-0.25, -0.2) is 9.67 Å². The Bertz CT molecular complexity index is 1030.